The van der Waals surface area contributed by atoms with Gasteiger partial charge in [-0.05, 0) is 50.4 Å². The summed E-state index contributed by atoms with van der Waals surface area (Å²) < 4.78 is 12.8. The van der Waals surface area contributed by atoms with E-state index in [2.05, 4.69) is 22.1 Å². The van der Waals surface area contributed by atoms with Gasteiger partial charge in [0, 0.05) is 17.7 Å². The van der Waals surface area contributed by atoms with Crippen LogP contribution in [0.15, 0.2) is 34.1 Å². The number of aromatic nitrogens is 2. The van der Waals surface area contributed by atoms with Gasteiger partial charge in [0.25, 0.3) is 5.56 Å². The fraction of sp³-hybridized carbons (Fsp3) is 0.457. The molecule has 6 N–H and O–H groups in total. The molecule has 264 valence electrons. The van der Waals surface area contributed by atoms with Crippen molar-refractivity contribution in [3.63, 3.8) is 0 Å². The average Bonchev–Trinajstić information content (AvgIpc) is 3.47. The summed E-state index contributed by atoms with van der Waals surface area (Å²) in [6, 6.07) is 4.63. The SMILES string of the molecule is CCCCCN1C=Nc2cccc3nc4c(c1c23)Cn1c-4cc2c(c1=O)COC(=O)[C@@]2(CC)OC(=O)C[C@@H](NC(=O)[C@@H](N)CCCN)C(=O)O. The number of pyridine rings is 2. The number of cyclic esters (lactones) is 1. The number of anilines is 1. The number of amides is 1. The van der Waals surface area contributed by atoms with Crippen LogP contribution in [0, 0.1) is 0 Å². The summed E-state index contributed by atoms with van der Waals surface area (Å²) in [5.41, 5.74) is 13.4. The van der Waals surface area contributed by atoms with Crippen LogP contribution in [0.5, 0.6) is 0 Å². The molecule has 6 rings (SSSR count). The largest absolute Gasteiger partial charge is 0.480 e. The van der Waals surface area contributed by atoms with E-state index in [0.717, 1.165) is 48.1 Å². The summed E-state index contributed by atoms with van der Waals surface area (Å²) in [6.45, 7) is 4.65. The summed E-state index contributed by atoms with van der Waals surface area (Å²) in [6.07, 6.45) is 4.61. The minimum absolute atomic E-state index is 0.115. The number of hydrogen-bond acceptors (Lipinski definition) is 12. The van der Waals surface area contributed by atoms with Crippen LogP contribution in [0.4, 0.5) is 11.4 Å². The first-order chi connectivity index (χ1) is 24.0. The summed E-state index contributed by atoms with van der Waals surface area (Å²) in [5, 5.41) is 12.9. The number of carboxylic acids is 1. The van der Waals surface area contributed by atoms with Crippen LogP contribution in [0.1, 0.15) is 75.5 Å². The first-order valence-electron chi connectivity index (χ1n) is 17.0. The Hall–Kier alpha value is -5.15. The second-order valence-corrected chi connectivity index (χ2v) is 12.8. The lowest BCUT2D eigenvalue weighted by molar-refractivity contribution is -0.190. The number of esters is 2. The van der Waals surface area contributed by atoms with Crippen molar-refractivity contribution < 1.29 is 33.8 Å². The number of ether oxygens (including phenoxy) is 2. The number of fused-ring (bicyclic) bond motifs is 5. The first kappa shape index (κ1) is 34.7. The van der Waals surface area contributed by atoms with Gasteiger partial charge in [0.2, 0.25) is 11.5 Å². The lowest BCUT2D eigenvalue weighted by Crippen LogP contribution is -2.51. The number of nitrogens with two attached hydrogens (primary N) is 2. The van der Waals surface area contributed by atoms with Crippen LogP contribution in [0.3, 0.4) is 0 Å². The van der Waals surface area contributed by atoms with E-state index in [0.29, 0.717) is 29.9 Å². The van der Waals surface area contributed by atoms with Crippen LogP contribution in [0.25, 0.3) is 22.3 Å². The topological polar surface area (TPSA) is 222 Å². The zero-order valence-electron chi connectivity index (χ0n) is 28.1. The number of carbonyl (C=O) groups is 4. The Morgan fingerprint density at radius 1 is 1.16 bits per heavy atom. The molecule has 0 saturated heterocycles. The number of aliphatic imine (C=N–C) groups is 1. The van der Waals surface area contributed by atoms with E-state index in [1.807, 2.05) is 24.5 Å². The van der Waals surface area contributed by atoms with E-state index < -0.39 is 53.5 Å². The molecule has 0 spiro atoms. The Balaban J connectivity index is 1.38. The van der Waals surface area contributed by atoms with Gasteiger partial charge in [0.1, 0.15) is 12.6 Å². The molecule has 3 aliphatic heterocycles. The predicted molar refractivity (Wildman–Crippen MR) is 184 cm³/mol. The Morgan fingerprint density at radius 2 is 1.96 bits per heavy atom. The van der Waals surface area contributed by atoms with Gasteiger partial charge < -0.3 is 40.8 Å². The third-order valence-electron chi connectivity index (χ3n) is 9.59. The standard InChI is InChI=1S/C35H41N7O8/c1-3-5-6-13-41-18-38-23-10-7-11-24-28(23)30(41)19-16-42-26(29(19)39-24)14-21-20(32(42)45)17-49-34(48)35(21,4-2)50-27(43)15-25(33(46)47)40-31(44)22(37)9-8-12-36/h7,10-11,14,18,22,25H,3-6,8-9,12-13,15-17,36-37H2,1-2H3,(H,40,44)(H,46,47)/t22-,25+,35-/m0/s1. The van der Waals surface area contributed by atoms with Crippen molar-refractivity contribution in [1.29, 1.82) is 0 Å². The van der Waals surface area contributed by atoms with Crippen molar-refractivity contribution in [2.24, 2.45) is 16.5 Å². The predicted octanol–water partition coefficient (Wildman–Crippen LogP) is 2.33. The number of unbranched alkanes of at least 4 members (excludes halogenated alkanes) is 2. The number of nitrogens with one attached hydrogen (secondary N) is 1. The zero-order chi connectivity index (χ0) is 35.7. The summed E-state index contributed by atoms with van der Waals surface area (Å²) in [5.74, 6) is -4.25. The molecule has 1 aromatic carbocycles. The van der Waals surface area contributed by atoms with Gasteiger partial charge in [0.15, 0.2) is 0 Å². The number of benzene rings is 1. The summed E-state index contributed by atoms with van der Waals surface area (Å²) in [7, 11) is 0. The third kappa shape index (κ3) is 6.00. The van der Waals surface area contributed by atoms with Gasteiger partial charge in [0.05, 0.1) is 64.6 Å². The number of carboxylic acid groups (broad SMARTS) is 1. The molecule has 2 aromatic heterocycles. The molecule has 50 heavy (non-hydrogen) atoms. The van der Waals surface area contributed by atoms with Crippen LogP contribution in [-0.2, 0) is 47.4 Å². The molecule has 5 heterocycles. The fourth-order valence-corrected chi connectivity index (χ4v) is 6.91. The van der Waals surface area contributed by atoms with Crippen molar-refractivity contribution in [1.82, 2.24) is 14.9 Å². The molecule has 3 aliphatic rings. The monoisotopic (exact) mass is 687 g/mol. The molecule has 0 radical (unpaired) electrons. The van der Waals surface area contributed by atoms with Crippen molar-refractivity contribution in [3.8, 4) is 11.4 Å². The maximum absolute atomic E-state index is 14.2. The second kappa shape index (κ2) is 14.0. The van der Waals surface area contributed by atoms with E-state index in [-0.39, 0.29) is 37.1 Å². The summed E-state index contributed by atoms with van der Waals surface area (Å²) >= 11 is 0. The quantitative estimate of drug-likeness (QED) is 0.111. The average molecular weight is 688 g/mol. The molecular weight excluding hydrogens is 646 g/mol. The van der Waals surface area contributed by atoms with Crippen molar-refractivity contribution in [3.05, 3.63) is 51.3 Å². The number of aliphatic carboxylic acids is 1. The van der Waals surface area contributed by atoms with Gasteiger partial charge in [-0.3, -0.25) is 14.4 Å². The Kier molecular flexibility index (Phi) is 9.71. The number of hydrogen-bond donors (Lipinski definition) is 4. The summed E-state index contributed by atoms with van der Waals surface area (Å²) in [4.78, 5) is 77.4. The fourth-order valence-electron chi connectivity index (χ4n) is 6.91. The molecule has 3 atom stereocenters. The Labute approximate surface area is 287 Å². The van der Waals surface area contributed by atoms with Crippen molar-refractivity contribution in [2.45, 2.75) is 89.6 Å². The maximum Gasteiger partial charge on any atom is 0.355 e. The molecule has 0 unspecified atom stereocenters. The lowest BCUT2D eigenvalue weighted by atomic mass is 9.85. The van der Waals surface area contributed by atoms with E-state index >= 15 is 0 Å². The molecule has 1 amide bonds. The molecule has 0 aliphatic carbocycles. The molecule has 0 saturated carbocycles. The van der Waals surface area contributed by atoms with Crippen molar-refractivity contribution >= 4 is 52.4 Å². The first-order valence-corrected chi connectivity index (χ1v) is 17.0. The minimum Gasteiger partial charge on any atom is -0.480 e. The van der Waals surface area contributed by atoms with Gasteiger partial charge in [-0.2, -0.15) is 0 Å². The lowest BCUT2D eigenvalue weighted by Gasteiger charge is -2.36. The van der Waals surface area contributed by atoms with Gasteiger partial charge in [-0.1, -0.05) is 32.8 Å². The van der Waals surface area contributed by atoms with E-state index in [1.165, 1.54) is 0 Å². The van der Waals surface area contributed by atoms with Crippen LogP contribution < -0.4 is 27.2 Å². The van der Waals surface area contributed by atoms with E-state index in [9.17, 15) is 29.1 Å². The van der Waals surface area contributed by atoms with E-state index in [1.54, 1.807) is 17.6 Å². The second-order valence-electron chi connectivity index (χ2n) is 12.8. The Morgan fingerprint density at radius 3 is 2.68 bits per heavy atom. The highest BCUT2D eigenvalue weighted by Gasteiger charge is 2.51. The van der Waals surface area contributed by atoms with Gasteiger partial charge in [-0.15, -0.1) is 0 Å². The van der Waals surface area contributed by atoms with Crippen LogP contribution in [0.2, 0.25) is 0 Å². The Bertz CT molecular complexity index is 1970. The highest BCUT2D eigenvalue weighted by molar-refractivity contribution is 6.11. The van der Waals surface area contributed by atoms with Gasteiger partial charge >= 0.3 is 17.9 Å². The van der Waals surface area contributed by atoms with Crippen LogP contribution in [-0.4, -0.2) is 70.0 Å². The maximum atomic E-state index is 14.2. The van der Waals surface area contributed by atoms with Gasteiger partial charge in [-0.25, -0.2) is 19.6 Å². The molecule has 15 nitrogen and oxygen atoms in total. The molecule has 0 fully saturated rings. The number of nitrogens with zero attached hydrogens (tertiary/aromatic N) is 4. The van der Waals surface area contributed by atoms with Crippen LogP contribution >= 0.6 is 0 Å². The zero-order valence-corrected chi connectivity index (χ0v) is 28.1. The van der Waals surface area contributed by atoms with E-state index in [4.69, 9.17) is 25.9 Å². The highest BCUT2D eigenvalue weighted by Crippen LogP contribution is 2.47. The molecule has 0 bridgehead atoms. The number of rotatable bonds is 14. The third-order valence-corrected chi connectivity index (χ3v) is 9.59. The number of carbonyl (C=O) groups excluding carboxylic acids is 3. The molecular formula is C35H41N7O8. The highest BCUT2D eigenvalue weighted by atomic mass is 16.6. The minimum atomic E-state index is -2.05. The van der Waals surface area contributed by atoms with Crippen molar-refractivity contribution in [2.75, 3.05) is 18.0 Å². The molecule has 15 heteroatoms. The normalized spacial score (nSPS) is 18.2. The molecule has 3 aromatic rings. The smallest absolute Gasteiger partial charge is 0.355 e.